The van der Waals surface area contributed by atoms with Crippen molar-refractivity contribution in [2.24, 2.45) is 0 Å². The van der Waals surface area contributed by atoms with Gasteiger partial charge in [0.2, 0.25) is 0 Å². The van der Waals surface area contributed by atoms with Crippen LogP contribution in [0.4, 0.5) is 0 Å². The highest BCUT2D eigenvalue weighted by Gasteiger charge is 2.32. The van der Waals surface area contributed by atoms with Crippen LogP contribution in [0.2, 0.25) is 0 Å². The Labute approximate surface area is 120 Å². The number of hydrogen-bond donors (Lipinski definition) is 0. The second-order valence-electron chi connectivity index (χ2n) is 4.79. The van der Waals surface area contributed by atoms with Gasteiger partial charge < -0.3 is 8.85 Å². The largest absolute Gasteiger partial charge is 0.417 e. The van der Waals surface area contributed by atoms with Crippen LogP contribution in [-0.4, -0.2) is 20.5 Å². The molecule has 0 aromatic rings. The van der Waals surface area contributed by atoms with Crippen molar-refractivity contribution in [3.8, 4) is 24.7 Å². The molecule has 0 heterocycles. The minimum Gasteiger partial charge on any atom is -0.373 e. The van der Waals surface area contributed by atoms with Crippen LogP contribution in [0.3, 0.4) is 0 Å². The first-order chi connectivity index (χ1) is 8.88. The first-order valence-electron chi connectivity index (χ1n) is 6.75. The van der Waals surface area contributed by atoms with Gasteiger partial charge in [0.15, 0.2) is 0 Å². The van der Waals surface area contributed by atoms with E-state index in [0.717, 1.165) is 19.3 Å². The normalized spacial score (nSPS) is 17.7. The Hall–Kier alpha value is -1.00. The zero-order chi connectivity index (χ0) is 14.9. The van der Waals surface area contributed by atoms with Crippen LogP contribution in [0.15, 0.2) is 11.8 Å². The van der Waals surface area contributed by atoms with E-state index in [9.17, 15) is 0 Å². The van der Waals surface area contributed by atoms with Crippen LogP contribution in [0.25, 0.3) is 0 Å². The summed E-state index contributed by atoms with van der Waals surface area (Å²) < 4.78 is 12.0. The van der Waals surface area contributed by atoms with E-state index >= 15 is 0 Å². The Kier molecular flexibility index (Phi) is 7.79. The molecule has 0 aliphatic rings. The highest BCUT2D eigenvalue weighted by Crippen LogP contribution is 2.21. The van der Waals surface area contributed by atoms with Gasteiger partial charge in [-0.1, -0.05) is 38.7 Å². The first-order valence-corrected chi connectivity index (χ1v) is 8.15. The molecule has 0 rings (SSSR count). The second kappa shape index (κ2) is 8.22. The molecular formula is C16H25O2Si. The Morgan fingerprint density at radius 1 is 1.00 bits per heavy atom. The third-order valence-electron chi connectivity index (χ3n) is 3.10. The summed E-state index contributed by atoms with van der Waals surface area (Å²) in [5.41, 5.74) is 0.770. The van der Waals surface area contributed by atoms with Crippen molar-refractivity contribution in [3.05, 3.63) is 11.8 Å². The number of allylic oxidation sites excluding steroid dienone is 1. The molecule has 0 aliphatic carbocycles. The third kappa shape index (κ3) is 6.12. The highest BCUT2D eigenvalue weighted by atomic mass is 28.3. The van der Waals surface area contributed by atoms with E-state index in [0.29, 0.717) is 0 Å². The molecule has 0 aromatic carbocycles. The van der Waals surface area contributed by atoms with E-state index in [1.165, 1.54) is 0 Å². The summed E-state index contributed by atoms with van der Waals surface area (Å²) in [6.07, 6.45) is 15.5. The average molecular weight is 277 g/mol. The molecule has 3 heteroatoms. The van der Waals surface area contributed by atoms with E-state index in [-0.39, 0.29) is 0 Å². The van der Waals surface area contributed by atoms with Crippen molar-refractivity contribution >= 4 is 9.28 Å². The monoisotopic (exact) mass is 277 g/mol. The fraction of sp³-hybridized carbons (Fsp3) is 0.625. The van der Waals surface area contributed by atoms with Gasteiger partial charge in [0, 0.05) is 0 Å². The molecule has 0 fully saturated rings. The summed E-state index contributed by atoms with van der Waals surface area (Å²) in [4.78, 5) is 0. The lowest BCUT2D eigenvalue weighted by atomic mass is 10.1. The molecule has 0 aliphatic heterocycles. The van der Waals surface area contributed by atoms with Gasteiger partial charge in [0.1, 0.15) is 11.2 Å². The molecule has 2 unspecified atom stereocenters. The first kappa shape index (κ1) is 18.0. The molecule has 0 saturated heterocycles. The number of terminal acetylenes is 2. The van der Waals surface area contributed by atoms with E-state index in [1.54, 1.807) is 0 Å². The Morgan fingerprint density at radius 3 is 1.68 bits per heavy atom. The Bertz CT molecular complexity index is 347. The van der Waals surface area contributed by atoms with Crippen molar-refractivity contribution in [3.63, 3.8) is 0 Å². The van der Waals surface area contributed by atoms with Crippen molar-refractivity contribution in [2.45, 2.75) is 65.1 Å². The van der Waals surface area contributed by atoms with Crippen LogP contribution in [0, 0.1) is 24.7 Å². The third-order valence-corrected chi connectivity index (χ3v) is 4.91. The summed E-state index contributed by atoms with van der Waals surface area (Å²) in [5, 5.41) is 0. The minimum absolute atomic E-state index is 0.602. The minimum atomic E-state index is -1.63. The fourth-order valence-corrected chi connectivity index (χ4v) is 3.05. The van der Waals surface area contributed by atoms with Gasteiger partial charge in [0.05, 0.1) is 0 Å². The van der Waals surface area contributed by atoms with E-state index < -0.39 is 20.5 Å². The molecule has 2 nitrogen and oxygen atoms in total. The standard InChI is InChI=1S/C16H25O2Si/c1-8-13-14-19(17-15(6,9-2)10-3)18-16(7,11-4)12-5/h2,4,13-14H,8,10,12H2,1,3,5-7H3. The highest BCUT2D eigenvalue weighted by molar-refractivity contribution is 6.51. The van der Waals surface area contributed by atoms with Gasteiger partial charge in [-0.2, -0.15) is 0 Å². The maximum atomic E-state index is 6.00. The molecule has 19 heavy (non-hydrogen) atoms. The van der Waals surface area contributed by atoms with Gasteiger partial charge in [-0.25, -0.2) is 0 Å². The van der Waals surface area contributed by atoms with Crippen molar-refractivity contribution < 1.29 is 8.85 Å². The number of rotatable bonds is 8. The molecule has 1 radical (unpaired) electrons. The smallest absolute Gasteiger partial charge is 0.373 e. The predicted molar refractivity (Wildman–Crippen MR) is 82.4 cm³/mol. The van der Waals surface area contributed by atoms with Gasteiger partial charge in [-0.15, -0.1) is 12.8 Å². The van der Waals surface area contributed by atoms with Gasteiger partial charge in [0.25, 0.3) is 0 Å². The van der Waals surface area contributed by atoms with Gasteiger partial charge in [-0.05, 0) is 38.8 Å². The zero-order valence-electron chi connectivity index (χ0n) is 12.7. The van der Waals surface area contributed by atoms with Crippen LogP contribution < -0.4 is 0 Å². The van der Waals surface area contributed by atoms with Gasteiger partial charge in [-0.3, -0.25) is 0 Å². The predicted octanol–water partition coefficient (Wildman–Crippen LogP) is 3.62. The van der Waals surface area contributed by atoms with Crippen molar-refractivity contribution in [1.82, 2.24) is 0 Å². The molecule has 0 spiro atoms. The quantitative estimate of drug-likeness (QED) is 0.498. The molecule has 0 amide bonds. The van der Waals surface area contributed by atoms with E-state index in [4.69, 9.17) is 21.7 Å². The second-order valence-corrected chi connectivity index (χ2v) is 6.17. The molecule has 0 saturated carbocycles. The lowest BCUT2D eigenvalue weighted by Gasteiger charge is -2.31. The van der Waals surface area contributed by atoms with Crippen molar-refractivity contribution in [2.75, 3.05) is 0 Å². The topological polar surface area (TPSA) is 18.5 Å². The van der Waals surface area contributed by atoms with Crippen LogP contribution >= 0.6 is 0 Å². The van der Waals surface area contributed by atoms with E-state index in [1.807, 2.05) is 39.5 Å². The molecule has 0 aromatic heterocycles. The zero-order valence-corrected chi connectivity index (χ0v) is 13.7. The molecule has 105 valence electrons. The van der Waals surface area contributed by atoms with Crippen LogP contribution in [0.1, 0.15) is 53.9 Å². The lowest BCUT2D eigenvalue weighted by Crippen LogP contribution is -2.41. The van der Waals surface area contributed by atoms with Crippen LogP contribution in [-0.2, 0) is 8.85 Å². The Morgan fingerprint density at radius 2 is 1.42 bits per heavy atom. The maximum Gasteiger partial charge on any atom is 0.417 e. The molecule has 0 bridgehead atoms. The summed E-state index contributed by atoms with van der Waals surface area (Å²) in [7, 11) is -1.63. The van der Waals surface area contributed by atoms with Crippen LogP contribution in [0.5, 0.6) is 0 Å². The van der Waals surface area contributed by atoms with Gasteiger partial charge >= 0.3 is 9.28 Å². The summed E-state index contributed by atoms with van der Waals surface area (Å²) in [5.74, 6) is 5.39. The lowest BCUT2D eigenvalue weighted by molar-refractivity contribution is 0.0550. The van der Waals surface area contributed by atoms with E-state index in [2.05, 4.69) is 18.8 Å². The summed E-state index contributed by atoms with van der Waals surface area (Å²) in [6.45, 7) is 9.88. The van der Waals surface area contributed by atoms with Crippen molar-refractivity contribution in [1.29, 1.82) is 0 Å². The molecular weight excluding hydrogens is 252 g/mol. The maximum absolute atomic E-state index is 6.00. The average Bonchev–Trinajstić information content (AvgIpc) is 2.44. The Balaban J connectivity index is 5.00. The summed E-state index contributed by atoms with van der Waals surface area (Å²) >= 11 is 0. The molecule has 2 atom stereocenters. The fourth-order valence-electron chi connectivity index (χ4n) is 1.15. The SMILES string of the molecule is C#CC(C)(CC)O[Si](C=CCC)OC(C)(C#C)CC. The molecule has 0 N–H and O–H groups in total. The number of hydrogen-bond acceptors (Lipinski definition) is 2. The summed E-state index contributed by atoms with van der Waals surface area (Å²) in [6, 6.07) is 0.